The van der Waals surface area contributed by atoms with Crippen LogP contribution in [-0.4, -0.2) is 44.8 Å². The molecule has 1 amide bonds. The third-order valence-electron chi connectivity index (χ3n) is 7.02. The van der Waals surface area contributed by atoms with Gasteiger partial charge in [0.1, 0.15) is 0 Å². The summed E-state index contributed by atoms with van der Waals surface area (Å²) in [6.07, 6.45) is 0.699. The average molecular weight is 580 g/mol. The number of ether oxygens (including phenoxy) is 1. The van der Waals surface area contributed by atoms with E-state index < -0.39 is 23.4 Å². The molecule has 0 saturated carbocycles. The van der Waals surface area contributed by atoms with E-state index in [0.717, 1.165) is 24.3 Å². The first-order valence-corrected chi connectivity index (χ1v) is 14.2. The molecule has 1 N–H and O–H groups in total. The third kappa shape index (κ3) is 5.87. The van der Waals surface area contributed by atoms with E-state index in [1.807, 2.05) is 42.5 Å². The maximum absolute atomic E-state index is 13.5. The van der Waals surface area contributed by atoms with Crippen molar-refractivity contribution >= 4 is 44.9 Å². The topological polar surface area (TPSA) is 128 Å². The molecule has 10 nitrogen and oxygen atoms in total. The summed E-state index contributed by atoms with van der Waals surface area (Å²) in [4.78, 5) is 48.3. The van der Waals surface area contributed by atoms with Gasteiger partial charge in [0.05, 0.1) is 21.7 Å². The Labute approximate surface area is 244 Å². The van der Waals surface area contributed by atoms with Crippen molar-refractivity contribution in [1.29, 1.82) is 0 Å². The van der Waals surface area contributed by atoms with Gasteiger partial charge in [-0.3, -0.25) is 30.1 Å². The van der Waals surface area contributed by atoms with Crippen molar-refractivity contribution in [1.82, 2.24) is 14.9 Å². The number of carbonyl (C=O) groups excluding carboxylic acids is 2. The molecule has 0 aliphatic carbocycles. The molecule has 3 heterocycles. The highest BCUT2D eigenvalue weighted by molar-refractivity contribution is 7.14. The predicted octanol–water partition coefficient (Wildman–Crippen LogP) is 5.62. The van der Waals surface area contributed by atoms with Crippen LogP contribution in [0, 0.1) is 10.1 Å². The lowest BCUT2D eigenvalue weighted by Crippen LogP contribution is -2.32. The number of thiazole rings is 1. The average Bonchev–Trinajstić information content (AvgIpc) is 3.47. The Morgan fingerprint density at radius 3 is 2.67 bits per heavy atom. The number of hydrogen-bond acceptors (Lipinski definition) is 9. The standard InChI is InChI=1S/C31H25N5O5S/c37-28(34-31-33-27(19-42-31)21-9-6-10-22(15-21)36(39)40)18-41-30(38)29-23-11-4-5-12-25(23)32-26-13-14-35(17-24(26)29)16-20-7-2-1-3-8-20/h1-12,15,19H,13-14,16-18H2,(H,33,34,37). The second kappa shape index (κ2) is 11.9. The molecule has 6 rings (SSSR count). The first kappa shape index (κ1) is 27.2. The number of nitro groups is 1. The quantitative estimate of drug-likeness (QED) is 0.143. The summed E-state index contributed by atoms with van der Waals surface area (Å²) in [7, 11) is 0. The lowest BCUT2D eigenvalue weighted by molar-refractivity contribution is -0.384. The zero-order valence-electron chi connectivity index (χ0n) is 22.4. The van der Waals surface area contributed by atoms with Gasteiger partial charge in [0.15, 0.2) is 11.7 Å². The number of para-hydroxylation sites is 1. The number of rotatable bonds is 8. The number of fused-ring (bicyclic) bond motifs is 2. The van der Waals surface area contributed by atoms with Gasteiger partial charge in [0, 0.05) is 65.8 Å². The maximum Gasteiger partial charge on any atom is 0.339 e. The lowest BCUT2D eigenvalue weighted by Gasteiger charge is -2.30. The van der Waals surface area contributed by atoms with Crippen molar-refractivity contribution in [3.63, 3.8) is 0 Å². The molecule has 0 unspecified atom stereocenters. The zero-order chi connectivity index (χ0) is 29.1. The van der Waals surface area contributed by atoms with Crippen LogP contribution >= 0.6 is 11.3 Å². The number of carbonyl (C=O) groups is 2. The molecule has 1 aliphatic heterocycles. The fourth-order valence-electron chi connectivity index (χ4n) is 5.06. The molecule has 11 heteroatoms. The molecule has 210 valence electrons. The van der Waals surface area contributed by atoms with E-state index in [9.17, 15) is 19.7 Å². The molecule has 0 atom stereocenters. The smallest absolute Gasteiger partial charge is 0.339 e. The molecule has 2 aromatic heterocycles. The Hall–Kier alpha value is -5.00. The molecule has 5 aromatic rings. The van der Waals surface area contributed by atoms with Crippen LogP contribution in [0.2, 0.25) is 0 Å². The largest absolute Gasteiger partial charge is 0.452 e. The molecule has 0 fully saturated rings. The van der Waals surface area contributed by atoms with Crippen LogP contribution in [-0.2, 0) is 29.0 Å². The highest BCUT2D eigenvalue weighted by atomic mass is 32.1. The van der Waals surface area contributed by atoms with Crippen molar-refractivity contribution in [2.45, 2.75) is 19.5 Å². The van der Waals surface area contributed by atoms with Crippen LogP contribution < -0.4 is 5.32 Å². The molecule has 1 aliphatic rings. The summed E-state index contributed by atoms with van der Waals surface area (Å²) in [6, 6.07) is 23.7. The second-order valence-corrected chi connectivity index (χ2v) is 10.7. The van der Waals surface area contributed by atoms with Crippen LogP contribution in [0.1, 0.15) is 27.2 Å². The number of nitrogens with one attached hydrogen (secondary N) is 1. The Morgan fingerprint density at radius 1 is 1.02 bits per heavy atom. The van der Waals surface area contributed by atoms with E-state index in [1.165, 1.54) is 29.0 Å². The SMILES string of the molecule is O=C(COC(=O)c1c2c(nc3ccccc13)CCN(Cc1ccccc1)C2)Nc1nc(-c2cccc([N+](=O)[O-])c2)cs1. The number of non-ortho nitro benzene ring substituents is 1. The summed E-state index contributed by atoms with van der Waals surface area (Å²) >= 11 is 1.17. The van der Waals surface area contributed by atoms with Gasteiger partial charge in [-0.15, -0.1) is 11.3 Å². The minimum absolute atomic E-state index is 0.0491. The van der Waals surface area contributed by atoms with E-state index in [0.29, 0.717) is 45.8 Å². The zero-order valence-corrected chi connectivity index (χ0v) is 23.2. The number of aromatic nitrogens is 2. The fourth-order valence-corrected chi connectivity index (χ4v) is 5.79. The number of amides is 1. The minimum atomic E-state index is -0.585. The van der Waals surface area contributed by atoms with Crippen LogP contribution in [0.5, 0.6) is 0 Å². The Bertz CT molecular complexity index is 1810. The predicted molar refractivity (Wildman–Crippen MR) is 159 cm³/mol. The summed E-state index contributed by atoms with van der Waals surface area (Å²) in [5.74, 6) is -1.13. The maximum atomic E-state index is 13.5. The summed E-state index contributed by atoms with van der Waals surface area (Å²) in [5.41, 5.74) is 5.02. The van der Waals surface area contributed by atoms with E-state index in [-0.39, 0.29) is 5.69 Å². The number of anilines is 1. The van der Waals surface area contributed by atoms with Crippen molar-refractivity contribution < 1.29 is 19.2 Å². The molecular formula is C31H25N5O5S. The normalized spacial score (nSPS) is 13.0. The van der Waals surface area contributed by atoms with E-state index >= 15 is 0 Å². The second-order valence-electron chi connectivity index (χ2n) is 9.85. The summed E-state index contributed by atoms with van der Waals surface area (Å²) in [5, 5.41) is 16.4. The lowest BCUT2D eigenvalue weighted by atomic mass is 9.95. The molecule has 42 heavy (non-hydrogen) atoms. The Morgan fingerprint density at radius 2 is 1.83 bits per heavy atom. The fraction of sp³-hybridized carbons (Fsp3) is 0.161. The van der Waals surface area contributed by atoms with Crippen molar-refractivity contribution in [2.24, 2.45) is 0 Å². The molecule has 3 aromatic carbocycles. The van der Waals surface area contributed by atoms with Crippen LogP contribution in [0.3, 0.4) is 0 Å². The summed E-state index contributed by atoms with van der Waals surface area (Å²) < 4.78 is 5.53. The number of hydrogen-bond donors (Lipinski definition) is 1. The molecule has 0 saturated heterocycles. The Balaban J connectivity index is 1.17. The number of benzene rings is 3. The Kier molecular flexibility index (Phi) is 7.67. The molecule has 0 bridgehead atoms. The van der Waals surface area contributed by atoms with E-state index in [4.69, 9.17) is 9.72 Å². The van der Waals surface area contributed by atoms with Crippen LogP contribution in [0.15, 0.2) is 84.2 Å². The van der Waals surface area contributed by atoms with Gasteiger partial charge in [-0.25, -0.2) is 9.78 Å². The molecular weight excluding hydrogens is 554 g/mol. The van der Waals surface area contributed by atoms with E-state index in [1.54, 1.807) is 17.5 Å². The van der Waals surface area contributed by atoms with Crippen LogP contribution in [0.25, 0.3) is 22.2 Å². The van der Waals surface area contributed by atoms with Gasteiger partial charge in [-0.05, 0) is 11.6 Å². The van der Waals surface area contributed by atoms with Gasteiger partial charge in [-0.2, -0.15) is 0 Å². The first-order valence-electron chi connectivity index (χ1n) is 13.3. The van der Waals surface area contributed by atoms with Gasteiger partial charge in [0.2, 0.25) is 0 Å². The highest BCUT2D eigenvalue weighted by Gasteiger charge is 2.27. The monoisotopic (exact) mass is 579 g/mol. The minimum Gasteiger partial charge on any atom is -0.452 e. The van der Waals surface area contributed by atoms with Crippen LogP contribution in [0.4, 0.5) is 10.8 Å². The molecule has 0 spiro atoms. The summed E-state index contributed by atoms with van der Waals surface area (Å²) in [6.45, 7) is 1.61. The molecule has 0 radical (unpaired) electrons. The number of nitrogens with zero attached hydrogens (tertiary/aromatic N) is 4. The number of pyridine rings is 1. The van der Waals surface area contributed by atoms with Gasteiger partial charge < -0.3 is 4.74 Å². The van der Waals surface area contributed by atoms with Crippen molar-refractivity contribution in [3.05, 3.63) is 117 Å². The third-order valence-corrected chi connectivity index (χ3v) is 7.77. The first-order chi connectivity index (χ1) is 20.4. The van der Waals surface area contributed by atoms with Gasteiger partial charge in [0.25, 0.3) is 11.6 Å². The van der Waals surface area contributed by atoms with Gasteiger partial charge in [-0.1, -0.05) is 60.7 Å². The number of esters is 1. The van der Waals surface area contributed by atoms with Crippen molar-refractivity contribution in [2.75, 3.05) is 18.5 Å². The highest BCUT2D eigenvalue weighted by Crippen LogP contribution is 2.30. The number of nitro benzene ring substituents is 1. The van der Waals surface area contributed by atoms with Crippen molar-refractivity contribution in [3.8, 4) is 11.3 Å². The van der Waals surface area contributed by atoms with Gasteiger partial charge >= 0.3 is 5.97 Å². The van der Waals surface area contributed by atoms with E-state index in [2.05, 4.69) is 27.3 Å².